The summed E-state index contributed by atoms with van der Waals surface area (Å²) in [6.07, 6.45) is 3.98. The Bertz CT molecular complexity index is 289. The third kappa shape index (κ3) is 1.71. The van der Waals surface area contributed by atoms with Crippen LogP contribution in [0.3, 0.4) is 0 Å². The molecule has 1 heterocycles. The van der Waals surface area contributed by atoms with E-state index in [9.17, 15) is 0 Å². The highest BCUT2D eigenvalue weighted by atomic mass is 16.5. The number of terminal acetylenes is 1. The normalized spacial score (nSPS) is 11.8. The molecule has 1 atom stereocenters. The Morgan fingerprint density at radius 1 is 1.58 bits per heavy atom. The van der Waals surface area contributed by atoms with Gasteiger partial charge in [-0.15, -0.1) is 16.6 Å². The summed E-state index contributed by atoms with van der Waals surface area (Å²) in [5.74, 6) is 2.52. The van der Waals surface area contributed by atoms with Gasteiger partial charge in [-0.2, -0.15) is 0 Å². The highest BCUT2D eigenvalue weighted by Crippen LogP contribution is 2.09. The fourth-order valence-corrected chi connectivity index (χ4v) is 0.670. The van der Waals surface area contributed by atoms with Crippen molar-refractivity contribution in [3.8, 4) is 18.2 Å². The molecule has 0 amide bonds. The van der Waals surface area contributed by atoms with Gasteiger partial charge in [0, 0.05) is 6.07 Å². The Morgan fingerprint density at radius 3 is 2.75 bits per heavy atom. The molecule has 0 radical (unpaired) electrons. The highest BCUT2D eigenvalue weighted by molar-refractivity contribution is 5.17. The van der Waals surface area contributed by atoms with E-state index in [1.807, 2.05) is 0 Å². The molecule has 1 aromatic rings. The van der Waals surface area contributed by atoms with Crippen LogP contribution >= 0.6 is 0 Å². The summed E-state index contributed by atoms with van der Waals surface area (Å²) < 4.78 is 4.78. The minimum absolute atomic E-state index is 0.346. The van der Waals surface area contributed by atoms with E-state index in [0.29, 0.717) is 11.6 Å². The van der Waals surface area contributed by atoms with Crippen molar-refractivity contribution >= 4 is 0 Å². The van der Waals surface area contributed by atoms with Gasteiger partial charge < -0.3 is 9.84 Å². The Labute approximate surface area is 70.2 Å². The number of methoxy groups -OCH3 is 1. The number of hydrogen-bond donors (Lipinski definition) is 1. The van der Waals surface area contributed by atoms with Gasteiger partial charge in [0.05, 0.1) is 7.11 Å². The van der Waals surface area contributed by atoms with E-state index in [2.05, 4.69) is 16.1 Å². The quantitative estimate of drug-likeness (QED) is 0.632. The molecule has 1 N–H and O–H groups in total. The van der Waals surface area contributed by atoms with Crippen molar-refractivity contribution in [2.75, 3.05) is 7.11 Å². The minimum atomic E-state index is -0.997. The summed E-state index contributed by atoms with van der Waals surface area (Å²) in [6, 6.07) is 3.15. The maximum Gasteiger partial charge on any atom is 0.233 e. The lowest BCUT2D eigenvalue weighted by molar-refractivity contribution is 0.231. The summed E-state index contributed by atoms with van der Waals surface area (Å²) in [6.45, 7) is 0. The van der Waals surface area contributed by atoms with Crippen molar-refractivity contribution in [3.05, 3.63) is 17.8 Å². The molecule has 0 unspecified atom stereocenters. The number of ether oxygens (including phenoxy) is 1. The SMILES string of the molecule is C#C[C@H](O)c1ccc(OC)nn1. The second-order valence-corrected chi connectivity index (χ2v) is 2.07. The lowest BCUT2D eigenvalue weighted by Crippen LogP contribution is -1.99. The number of aromatic nitrogens is 2. The third-order valence-electron chi connectivity index (χ3n) is 1.31. The van der Waals surface area contributed by atoms with Crippen LogP contribution in [-0.4, -0.2) is 22.4 Å². The highest BCUT2D eigenvalue weighted by Gasteiger charge is 2.05. The monoisotopic (exact) mass is 164 g/mol. The molecule has 4 nitrogen and oxygen atoms in total. The summed E-state index contributed by atoms with van der Waals surface area (Å²) in [4.78, 5) is 0. The molecule has 0 aliphatic carbocycles. The molecule has 0 aliphatic heterocycles. The Balaban J connectivity index is 2.86. The number of nitrogens with zero attached hydrogens (tertiary/aromatic N) is 2. The lowest BCUT2D eigenvalue weighted by atomic mass is 10.2. The number of aliphatic hydroxyl groups is 1. The first-order valence-electron chi connectivity index (χ1n) is 3.29. The van der Waals surface area contributed by atoms with Crippen LogP contribution in [0.15, 0.2) is 12.1 Å². The number of rotatable bonds is 2. The fraction of sp³-hybridized carbons (Fsp3) is 0.250. The van der Waals surface area contributed by atoms with Crippen molar-refractivity contribution in [2.24, 2.45) is 0 Å². The molecule has 1 rings (SSSR count). The third-order valence-corrected chi connectivity index (χ3v) is 1.31. The average molecular weight is 164 g/mol. The van der Waals surface area contributed by atoms with Crippen molar-refractivity contribution in [1.82, 2.24) is 10.2 Å². The van der Waals surface area contributed by atoms with Gasteiger partial charge in [0.2, 0.25) is 5.88 Å². The Kier molecular flexibility index (Phi) is 2.62. The van der Waals surface area contributed by atoms with Crippen LogP contribution in [0.1, 0.15) is 11.8 Å². The molecule has 0 aromatic carbocycles. The molecule has 0 saturated heterocycles. The molecule has 0 bridgehead atoms. The fourth-order valence-electron chi connectivity index (χ4n) is 0.670. The molecular weight excluding hydrogens is 156 g/mol. The molecule has 0 fully saturated rings. The molecular formula is C8H8N2O2. The van der Waals surface area contributed by atoms with E-state index in [4.69, 9.17) is 16.3 Å². The molecule has 1 aromatic heterocycles. The van der Waals surface area contributed by atoms with Crippen LogP contribution in [0.5, 0.6) is 5.88 Å². The Morgan fingerprint density at radius 2 is 2.33 bits per heavy atom. The van der Waals surface area contributed by atoms with E-state index in [-0.39, 0.29) is 0 Å². The Hall–Kier alpha value is -1.60. The van der Waals surface area contributed by atoms with Gasteiger partial charge in [-0.25, -0.2) is 0 Å². The molecule has 62 valence electrons. The van der Waals surface area contributed by atoms with Gasteiger partial charge in [-0.05, 0) is 6.07 Å². The predicted octanol–water partition coefficient (Wildman–Crippen LogP) is 0.152. The number of hydrogen-bond acceptors (Lipinski definition) is 4. The smallest absolute Gasteiger partial charge is 0.233 e. The van der Waals surface area contributed by atoms with E-state index in [1.54, 1.807) is 12.1 Å². The molecule has 0 saturated carbocycles. The molecule has 12 heavy (non-hydrogen) atoms. The lowest BCUT2D eigenvalue weighted by Gasteiger charge is -2.01. The zero-order valence-electron chi connectivity index (χ0n) is 6.56. The molecule has 4 heteroatoms. The largest absolute Gasteiger partial charge is 0.480 e. The summed E-state index contributed by atoms with van der Waals surface area (Å²) in [7, 11) is 1.49. The summed E-state index contributed by atoms with van der Waals surface area (Å²) in [5, 5.41) is 16.4. The van der Waals surface area contributed by atoms with Gasteiger partial charge in [0.1, 0.15) is 5.69 Å². The second kappa shape index (κ2) is 3.69. The van der Waals surface area contributed by atoms with Crippen LogP contribution in [0.2, 0.25) is 0 Å². The standard InChI is InChI=1S/C8H8N2O2/c1-3-7(11)6-4-5-8(12-2)10-9-6/h1,4-5,7,11H,2H3/t7-/m0/s1. The van der Waals surface area contributed by atoms with E-state index < -0.39 is 6.10 Å². The molecule has 0 aliphatic rings. The van der Waals surface area contributed by atoms with Crippen molar-refractivity contribution in [1.29, 1.82) is 0 Å². The number of aliphatic hydroxyl groups excluding tert-OH is 1. The first kappa shape index (κ1) is 8.50. The zero-order chi connectivity index (χ0) is 8.97. The topological polar surface area (TPSA) is 55.2 Å². The first-order chi connectivity index (χ1) is 5.77. The summed E-state index contributed by atoms with van der Waals surface area (Å²) >= 11 is 0. The van der Waals surface area contributed by atoms with Crippen LogP contribution in [0.25, 0.3) is 0 Å². The van der Waals surface area contributed by atoms with Crippen LogP contribution in [0, 0.1) is 12.3 Å². The maximum absolute atomic E-state index is 9.11. The van der Waals surface area contributed by atoms with Crippen LogP contribution in [0.4, 0.5) is 0 Å². The van der Waals surface area contributed by atoms with Gasteiger partial charge in [-0.3, -0.25) is 0 Å². The van der Waals surface area contributed by atoms with E-state index >= 15 is 0 Å². The summed E-state index contributed by atoms with van der Waals surface area (Å²) in [5.41, 5.74) is 0.346. The van der Waals surface area contributed by atoms with Crippen LogP contribution in [-0.2, 0) is 0 Å². The van der Waals surface area contributed by atoms with E-state index in [0.717, 1.165) is 0 Å². The second-order valence-electron chi connectivity index (χ2n) is 2.07. The van der Waals surface area contributed by atoms with Gasteiger partial charge in [0.25, 0.3) is 0 Å². The van der Waals surface area contributed by atoms with Gasteiger partial charge >= 0.3 is 0 Å². The minimum Gasteiger partial charge on any atom is -0.480 e. The molecule has 0 spiro atoms. The van der Waals surface area contributed by atoms with Crippen molar-refractivity contribution < 1.29 is 9.84 Å². The maximum atomic E-state index is 9.11. The first-order valence-corrected chi connectivity index (χ1v) is 3.29. The van der Waals surface area contributed by atoms with Crippen molar-refractivity contribution in [2.45, 2.75) is 6.10 Å². The van der Waals surface area contributed by atoms with E-state index in [1.165, 1.54) is 7.11 Å². The predicted molar refractivity (Wildman–Crippen MR) is 42.4 cm³/mol. The van der Waals surface area contributed by atoms with Gasteiger partial charge in [0.15, 0.2) is 6.10 Å². The average Bonchev–Trinajstić information content (AvgIpc) is 2.17. The van der Waals surface area contributed by atoms with Crippen molar-refractivity contribution in [3.63, 3.8) is 0 Å². The van der Waals surface area contributed by atoms with Gasteiger partial charge in [-0.1, -0.05) is 5.92 Å². The zero-order valence-corrected chi connectivity index (χ0v) is 6.56. The van der Waals surface area contributed by atoms with Crippen LogP contribution < -0.4 is 4.74 Å².